The van der Waals surface area contributed by atoms with Crippen LogP contribution < -0.4 is 5.56 Å². The van der Waals surface area contributed by atoms with Gasteiger partial charge in [0.15, 0.2) is 0 Å². The van der Waals surface area contributed by atoms with Gasteiger partial charge in [-0.2, -0.15) is 5.10 Å². The fourth-order valence-corrected chi connectivity index (χ4v) is 6.90. The first kappa shape index (κ1) is 21.8. The van der Waals surface area contributed by atoms with Gasteiger partial charge in [0.2, 0.25) is 10.0 Å². The highest BCUT2D eigenvalue weighted by Crippen LogP contribution is 2.48. The Bertz CT molecular complexity index is 1410. The molecule has 3 heterocycles. The van der Waals surface area contributed by atoms with E-state index in [1.54, 1.807) is 19.1 Å². The zero-order valence-corrected chi connectivity index (χ0v) is 20.5. The Hall–Kier alpha value is -2.39. The van der Waals surface area contributed by atoms with Crippen LogP contribution in [0, 0.1) is 6.92 Å². The molecule has 0 aromatic carbocycles. The van der Waals surface area contributed by atoms with Gasteiger partial charge in [-0.25, -0.2) is 12.4 Å². The molecule has 0 aliphatic heterocycles. The van der Waals surface area contributed by atoms with Crippen molar-refractivity contribution in [1.29, 1.82) is 0 Å². The largest absolute Gasteiger partial charge is 0.327 e. The van der Waals surface area contributed by atoms with Gasteiger partial charge in [-0.05, 0) is 58.4 Å². The average molecular weight is 505 g/mol. The maximum atomic E-state index is 14.2. The van der Waals surface area contributed by atoms with Crippen molar-refractivity contribution in [2.45, 2.75) is 51.3 Å². The van der Waals surface area contributed by atoms with Crippen LogP contribution in [0.2, 0.25) is 0 Å². The van der Waals surface area contributed by atoms with Crippen LogP contribution in [-0.4, -0.2) is 31.9 Å². The number of aromatic amines is 1. The Morgan fingerprint density at radius 1 is 1.26 bits per heavy atom. The lowest BCUT2D eigenvalue weighted by atomic mass is 9.79. The number of nitrogens with one attached hydrogen (secondary N) is 1. The standard InChI is InChI=1S/C22H25BrN4O3S/c1-13(2)26-12-18(15(4)25-26)19-11-17(23)10-14(3)22(19,5)31(29,30)27-9-7-16-6-8-24-21(28)20(16)27/h6-13,19H,1-5H3,(H,24,28). The molecule has 0 saturated carbocycles. The second-order valence-electron chi connectivity index (χ2n) is 8.43. The van der Waals surface area contributed by atoms with E-state index in [1.165, 1.54) is 12.4 Å². The molecular formula is C22H25BrN4O3S. The predicted octanol–water partition coefficient (Wildman–Crippen LogP) is 4.37. The Morgan fingerprint density at radius 3 is 2.61 bits per heavy atom. The summed E-state index contributed by atoms with van der Waals surface area (Å²) in [5.74, 6) is -0.496. The van der Waals surface area contributed by atoms with Crippen LogP contribution in [0.4, 0.5) is 0 Å². The fourth-order valence-electron chi connectivity index (χ4n) is 4.25. The van der Waals surface area contributed by atoms with Crippen molar-refractivity contribution < 1.29 is 8.42 Å². The molecule has 2 atom stereocenters. The van der Waals surface area contributed by atoms with Gasteiger partial charge in [-0.1, -0.05) is 22.0 Å². The number of allylic oxidation sites excluding steroid dienone is 3. The van der Waals surface area contributed by atoms with Crippen molar-refractivity contribution in [2.24, 2.45) is 0 Å². The second kappa shape index (κ2) is 7.34. The van der Waals surface area contributed by atoms with Crippen LogP contribution in [0.15, 0.2) is 57.7 Å². The summed E-state index contributed by atoms with van der Waals surface area (Å²) in [6.07, 6.45) is 8.64. The van der Waals surface area contributed by atoms with E-state index in [0.717, 1.165) is 19.7 Å². The van der Waals surface area contributed by atoms with Gasteiger partial charge in [0.25, 0.3) is 5.56 Å². The van der Waals surface area contributed by atoms with Gasteiger partial charge in [-0.15, -0.1) is 0 Å². The highest BCUT2D eigenvalue weighted by atomic mass is 79.9. The maximum Gasteiger partial charge on any atom is 0.273 e. The van der Waals surface area contributed by atoms with Gasteiger partial charge in [0.1, 0.15) is 10.3 Å². The van der Waals surface area contributed by atoms with Gasteiger partial charge in [0.05, 0.1) is 5.69 Å². The number of aromatic nitrogens is 4. The molecule has 1 N–H and O–H groups in total. The van der Waals surface area contributed by atoms with Crippen LogP contribution >= 0.6 is 15.9 Å². The van der Waals surface area contributed by atoms with Crippen molar-refractivity contribution in [1.82, 2.24) is 18.7 Å². The van der Waals surface area contributed by atoms with E-state index in [9.17, 15) is 13.2 Å². The molecule has 4 rings (SSSR count). The van der Waals surface area contributed by atoms with Crippen LogP contribution in [0.5, 0.6) is 0 Å². The Labute approximate surface area is 189 Å². The minimum absolute atomic E-state index is 0.124. The lowest BCUT2D eigenvalue weighted by Gasteiger charge is -2.39. The number of aryl methyl sites for hydroxylation is 1. The molecule has 0 amide bonds. The summed E-state index contributed by atoms with van der Waals surface area (Å²) in [6.45, 7) is 9.50. The Morgan fingerprint density at radius 2 is 1.97 bits per heavy atom. The first-order chi connectivity index (χ1) is 14.5. The van der Waals surface area contributed by atoms with E-state index >= 15 is 0 Å². The molecule has 3 aromatic rings. The fraction of sp³-hybridized carbons (Fsp3) is 0.364. The minimum atomic E-state index is -4.04. The summed E-state index contributed by atoms with van der Waals surface area (Å²) in [5, 5.41) is 5.18. The molecule has 0 fully saturated rings. The molecule has 0 bridgehead atoms. The second-order valence-corrected chi connectivity index (χ2v) is 11.5. The lowest BCUT2D eigenvalue weighted by molar-refractivity contribution is 0.520. The van der Waals surface area contributed by atoms with E-state index < -0.39 is 26.2 Å². The summed E-state index contributed by atoms with van der Waals surface area (Å²) in [6, 6.07) is 3.49. The zero-order chi connectivity index (χ0) is 22.7. The smallest absolute Gasteiger partial charge is 0.273 e. The normalized spacial score (nSPS) is 22.1. The molecule has 31 heavy (non-hydrogen) atoms. The van der Waals surface area contributed by atoms with Crippen molar-refractivity contribution >= 4 is 36.9 Å². The molecule has 1 aliphatic carbocycles. The molecule has 3 aromatic heterocycles. The number of fused-ring (bicyclic) bond motifs is 1. The average Bonchev–Trinajstić information content (AvgIpc) is 3.29. The molecule has 1 aliphatic rings. The van der Waals surface area contributed by atoms with E-state index in [0.29, 0.717) is 11.0 Å². The molecule has 7 nitrogen and oxygen atoms in total. The number of halogens is 1. The van der Waals surface area contributed by atoms with Crippen molar-refractivity contribution in [3.63, 3.8) is 0 Å². The summed E-state index contributed by atoms with van der Waals surface area (Å²) in [5.41, 5.74) is 1.98. The third-order valence-corrected chi connectivity index (χ3v) is 9.21. The number of rotatable bonds is 4. The molecule has 9 heteroatoms. The van der Waals surface area contributed by atoms with Crippen molar-refractivity contribution in [3.05, 3.63) is 74.5 Å². The van der Waals surface area contributed by atoms with E-state index in [4.69, 9.17) is 0 Å². The molecule has 0 saturated heterocycles. The van der Waals surface area contributed by atoms with Crippen LogP contribution in [-0.2, 0) is 10.0 Å². The lowest BCUT2D eigenvalue weighted by Crippen LogP contribution is -2.46. The van der Waals surface area contributed by atoms with Crippen LogP contribution in [0.3, 0.4) is 0 Å². The third-order valence-electron chi connectivity index (χ3n) is 6.25. The topological polar surface area (TPSA) is 89.8 Å². The van der Waals surface area contributed by atoms with Gasteiger partial charge in [-0.3, -0.25) is 9.48 Å². The summed E-state index contributed by atoms with van der Waals surface area (Å²) in [7, 11) is -4.04. The predicted molar refractivity (Wildman–Crippen MR) is 126 cm³/mol. The SMILES string of the molecule is CC1=CC(Br)=CC(c2cn(C(C)C)nc2C)C1(C)S(=O)(=O)n1ccc2cc[nH]c(=O)c21. The third kappa shape index (κ3) is 3.17. The highest BCUT2D eigenvalue weighted by molar-refractivity contribution is 9.11. The molecule has 164 valence electrons. The van der Waals surface area contributed by atoms with E-state index in [-0.39, 0.29) is 11.6 Å². The molecule has 0 radical (unpaired) electrons. The molecular weight excluding hydrogens is 480 g/mol. The first-order valence-corrected chi connectivity index (χ1v) is 12.3. The van der Waals surface area contributed by atoms with Gasteiger partial charge >= 0.3 is 0 Å². The zero-order valence-electron chi connectivity index (χ0n) is 18.0. The monoisotopic (exact) mass is 504 g/mol. The van der Waals surface area contributed by atoms with Gasteiger partial charge < -0.3 is 4.98 Å². The number of pyridine rings is 1. The Kier molecular flexibility index (Phi) is 5.17. The number of hydrogen-bond acceptors (Lipinski definition) is 4. The maximum absolute atomic E-state index is 14.2. The highest BCUT2D eigenvalue weighted by Gasteiger charge is 2.51. The number of H-pyrrole nitrogens is 1. The number of hydrogen-bond donors (Lipinski definition) is 1. The number of nitrogens with zero attached hydrogens (tertiary/aromatic N) is 3. The van der Waals surface area contributed by atoms with Gasteiger partial charge in [0, 0.05) is 46.0 Å². The van der Waals surface area contributed by atoms with Crippen molar-refractivity contribution in [2.75, 3.05) is 0 Å². The van der Waals surface area contributed by atoms with E-state index in [1.807, 2.05) is 50.7 Å². The minimum Gasteiger partial charge on any atom is -0.327 e. The van der Waals surface area contributed by atoms with E-state index in [2.05, 4.69) is 26.0 Å². The van der Waals surface area contributed by atoms with Crippen LogP contribution in [0.25, 0.3) is 10.9 Å². The molecule has 2 unspecified atom stereocenters. The first-order valence-electron chi connectivity index (χ1n) is 10.0. The van der Waals surface area contributed by atoms with Crippen LogP contribution in [0.1, 0.15) is 50.9 Å². The summed E-state index contributed by atoms with van der Waals surface area (Å²) < 4.78 is 30.8. The Balaban J connectivity index is 1.99. The molecule has 0 spiro atoms. The quantitative estimate of drug-likeness (QED) is 0.570. The summed E-state index contributed by atoms with van der Waals surface area (Å²) in [4.78, 5) is 15.1. The summed E-state index contributed by atoms with van der Waals surface area (Å²) >= 11 is 3.55. The van der Waals surface area contributed by atoms with Crippen molar-refractivity contribution in [3.8, 4) is 0 Å².